The van der Waals surface area contributed by atoms with Crippen molar-refractivity contribution in [2.45, 2.75) is 11.8 Å². The highest BCUT2D eigenvalue weighted by molar-refractivity contribution is 7.92. The van der Waals surface area contributed by atoms with Gasteiger partial charge in [-0.25, -0.2) is 8.42 Å². The van der Waals surface area contributed by atoms with Crippen LogP contribution in [0.1, 0.15) is 15.2 Å². The summed E-state index contributed by atoms with van der Waals surface area (Å²) >= 11 is 7.38. The summed E-state index contributed by atoms with van der Waals surface area (Å²) in [4.78, 5) is 13.4. The number of amides is 1. The van der Waals surface area contributed by atoms with E-state index in [0.717, 1.165) is 15.6 Å². The fraction of sp³-hybridized carbons (Fsp3) is 0.160. The Morgan fingerprint density at radius 1 is 0.971 bits per heavy atom. The maximum absolute atomic E-state index is 13.3. The summed E-state index contributed by atoms with van der Waals surface area (Å²) in [6.07, 6.45) is 0. The third kappa shape index (κ3) is 4.93. The van der Waals surface area contributed by atoms with Crippen molar-refractivity contribution in [3.05, 3.63) is 76.1 Å². The zero-order valence-electron chi connectivity index (χ0n) is 19.5. The van der Waals surface area contributed by atoms with E-state index >= 15 is 0 Å². The average molecular weight is 531 g/mol. The molecule has 0 aliphatic heterocycles. The molecule has 1 N–H and O–H groups in total. The number of rotatable bonds is 7. The smallest absolute Gasteiger partial charge is 0.265 e. The lowest BCUT2D eigenvalue weighted by Crippen LogP contribution is -2.26. The molecule has 0 saturated carbocycles. The second-order valence-electron chi connectivity index (χ2n) is 7.74. The van der Waals surface area contributed by atoms with E-state index in [1.165, 1.54) is 49.0 Å². The van der Waals surface area contributed by atoms with Gasteiger partial charge in [0.05, 0.1) is 29.7 Å². The van der Waals surface area contributed by atoms with Gasteiger partial charge in [-0.2, -0.15) is 0 Å². The number of carbonyl (C=O) groups is 1. The lowest BCUT2D eigenvalue weighted by Gasteiger charge is -2.20. The van der Waals surface area contributed by atoms with Gasteiger partial charge in [0.25, 0.3) is 15.9 Å². The molecule has 3 aromatic carbocycles. The van der Waals surface area contributed by atoms with Gasteiger partial charge in [-0.05, 0) is 66.4 Å². The van der Waals surface area contributed by atoms with Crippen molar-refractivity contribution >= 4 is 60.3 Å². The van der Waals surface area contributed by atoms with E-state index in [9.17, 15) is 13.2 Å². The Hall–Kier alpha value is -3.27. The molecule has 0 atom stereocenters. The number of nitrogens with one attached hydrogen (secondary N) is 1. The Balaban J connectivity index is 1.62. The van der Waals surface area contributed by atoms with Gasteiger partial charge < -0.3 is 14.8 Å². The summed E-state index contributed by atoms with van der Waals surface area (Å²) in [5.74, 6) is 0.498. The van der Waals surface area contributed by atoms with Gasteiger partial charge in [0.2, 0.25) is 0 Å². The summed E-state index contributed by atoms with van der Waals surface area (Å²) in [5.41, 5.74) is 2.00. The molecule has 0 radical (unpaired) electrons. The first kappa shape index (κ1) is 24.8. The lowest BCUT2D eigenvalue weighted by atomic mass is 10.2. The van der Waals surface area contributed by atoms with E-state index in [0.29, 0.717) is 32.8 Å². The molecule has 0 fully saturated rings. The van der Waals surface area contributed by atoms with Crippen LogP contribution in [-0.2, 0) is 10.0 Å². The molecule has 182 valence electrons. The number of carbonyl (C=O) groups excluding carboxylic acids is 1. The quantitative estimate of drug-likeness (QED) is 0.319. The monoisotopic (exact) mass is 530 g/mol. The first-order valence-corrected chi connectivity index (χ1v) is 13.1. The van der Waals surface area contributed by atoms with Gasteiger partial charge >= 0.3 is 0 Å². The molecule has 1 amide bonds. The third-order valence-corrected chi connectivity index (χ3v) is 8.68. The first-order valence-electron chi connectivity index (χ1n) is 10.5. The fourth-order valence-electron chi connectivity index (χ4n) is 3.53. The number of sulfonamides is 1. The van der Waals surface area contributed by atoms with Crippen LogP contribution in [0.25, 0.3) is 10.1 Å². The van der Waals surface area contributed by atoms with Gasteiger partial charge in [-0.1, -0.05) is 17.7 Å². The highest BCUT2D eigenvalue weighted by atomic mass is 35.5. The Morgan fingerprint density at radius 3 is 2.43 bits per heavy atom. The molecule has 0 spiro atoms. The fourth-order valence-corrected chi connectivity index (χ4v) is 5.84. The minimum absolute atomic E-state index is 0.0695. The van der Waals surface area contributed by atoms with Gasteiger partial charge in [-0.15, -0.1) is 11.3 Å². The number of hydrogen-bond acceptors (Lipinski definition) is 6. The number of hydrogen-bond donors (Lipinski definition) is 1. The van der Waals surface area contributed by atoms with Crippen LogP contribution in [0.3, 0.4) is 0 Å². The largest absolute Gasteiger partial charge is 0.493 e. The van der Waals surface area contributed by atoms with Crippen LogP contribution in [0.4, 0.5) is 11.4 Å². The normalized spacial score (nSPS) is 11.3. The highest BCUT2D eigenvalue weighted by Crippen LogP contribution is 2.34. The Kier molecular flexibility index (Phi) is 6.93. The predicted molar refractivity (Wildman–Crippen MR) is 141 cm³/mol. The number of ether oxygens (including phenoxy) is 2. The molecule has 7 nitrogen and oxygen atoms in total. The van der Waals surface area contributed by atoms with Crippen LogP contribution in [0.15, 0.2) is 65.6 Å². The first-order chi connectivity index (χ1) is 16.6. The van der Waals surface area contributed by atoms with Crippen molar-refractivity contribution < 1.29 is 22.7 Å². The average Bonchev–Trinajstić information content (AvgIpc) is 3.29. The molecule has 4 rings (SSSR count). The predicted octanol–water partition coefficient (Wildman–Crippen LogP) is 5.96. The Morgan fingerprint density at radius 2 is 1.71 bits per heavy atom. The molecule has 0 aliphatic carbocycles. The van der Waals surface area contributed by atoms with Crippen LogP contribution >= 0.6 is 22.9 Å². The minimum Gasteiger partial charge on any atom is -0.493 e. The molecule has 4 aromatic rings. The van der Waals surface area contributed by atoms with Crippen molar-refractivity contribution in [2.75, 3.05) is 30.9 Å². The van der Waals surface area contributed by atoms with E-state index in [-0.39, 0.29) is 10.8 Å². The van der Waals surface area contributed by atoms with Gasteiger partial charge in [-0.3, -0.25) is 9.10 Å². The summed E-state index contributed by atoms with van der Waals surface area (Å²) in [6.45, 7) is 1.89. The number of thiophene rings is 1. The topological polar surface area (TPSA) is 84.9 Å². The maximum Gasteiger partial charge on any atom is 0.265 e. The molecular formula is C25H23ClN2O5S2. The van der Waals surface area contributed by atoms with Crippen LogP contribution in [0.5, 0.6) is 11.5 Å². The van der Waals surface area contributed by atoms with Gasteiger partial charge in [0.15, 0.2) is 11.5 Å². The van der Waals surface area contributed by atoms with Crippen LogP contribution < -0.4 is 19.1 Å². The Bertz CT molecular complexity index is 1530. The summed E-state index contributed by atoms with van der Waals surface area (Å²) in [5, 5.41) is 4.18. The van der Waals surface area contributed by atoms with Crippen LogP contribution in [0, 0.1) is 6.92 Å². The van der Waals surface area contributed by atoms with Crippen molar-refractivity contribution in [1.82, 2.24) is 0 Å². The van der Waals surface area contributed by atoms with Crippen molar-refractivity contribution in [2.24, 2.45) is 0 Å². The van der Waals surface area contributed by atoms with E-state index in [1.54, 1.807) is 42.5 Å². The molecule has 0 saturated heterocycles. The second kappa shape index (κ2) is 9.77. The summed E-state index contributed by atoms with van der Waals surface area (Å²) in [6, 6.07) is 16.7. The van der Waals surface area contributed by atoms with E-state index < -0.39 is 10.0 Å². The number of halogens is 1. The molecule has 0 unspecified atom stereocenters. The minimum atomic E-state index is -3.87. The molecular weight excluding hydrogens is 508 g/mol. The SMILES string of the molecule is COc1ccc(S(=O)(=O)N(C)c2ccc3sc(C(=O)Nc4cc(Cl)ccc4C)cc3c2)cc1OC. The standard InChI is InChI=1S/C25H23ClN2O5S2/c1-15-5-6-17(26)13-20(15)27-25(29)24-12-16-11-18(7-10-23(16)34-24)28(2)35(30,31)19-8-9-21(32-3)22(14-19)33-4/h5-14H,1-4H3,(H,27,29). The number of methoxy groups -OCH3 is 2. The third-order valence-electron chi connectivity index (χ3n) is 5.55. The highest BCUT2D eigenvalue weighted by Gasteiger charge is 2.24. The van der Waals surface area contributed by atoms with Gasteiger partial charge in [0.1, 0.15) is 0 Å². The summed E-state index contributed by atoms with van der Waals surface area (Å²) in [7, 11) is 0.547. The number of benzene rings is 3. The zero-order valence-corrected chi connectivity index (χ0v) is 21.8. The number of nitrogens with zero attached hydrogens (tertiary/aromatic N) is 1. The number of fused-ring (bicyclic) bond motifs is 1. The summed E-state index contributed by atoms with van der Waals surface area (Å²) < 4.78 is 39.0. The second-order valence-corrected chi connectivity index (χ2v) is 11.2. The van der Waals surface area contributed by atoms with E-state index in [1.807, 2.05) is 13.0 Å². The van der Waals surface area contributed by atoms with Crippen molar-refractivity contribution in [1.29, 1.82) is 0 Å². The van der Waals surface area contributed by atoms with E-state index in [2.05, 4.69) is 5.32 Å². The van der Waals surface area contributed by atoms with Crippen molar-refractivity contribution in [3.63, 3.8) is 0 Å². The van der Waals surface area contributed by atoms with Gasteiger partial charge in [0, 0.05) is 28.5 Å². The molecule has 1 heterocycles. The number of aryl methyl sites for hydroxylation is 1. The van der Waals surface area contributed by atoms with Crippen LogP contribution in [-0.4, -0.2) is 35.6 Å². The molecule has 10 heteroatoms. The maximum atomic E-state index is 13.3. The van der Waals surface area contributed by atoms with Crippen molar-refractivity contribution in [3.8, 4) is 11.5 Å². The molecule has 35 heavy (non-hydrogen) atoms. The molecule has 0 aliphatic rings. The van der Waals surface area contributed by atoms with Crippen LogP contribution in [0.2, 0.25) is 5.02 Å². The Labute approximate surface area is 212 Å². The number of anilines is 2. The molecule has 0 bridgehead atoms. The zero-order chi connectivity index (χ0) is 25.3. The molecule has 1 aromatic heterocycles. The van der Waals surface area contributed by atoms with E-state index in [4.69, 9.17) is 21.1 Å². The lowest BCUT2D eigenvalue weighted by molar-refractivity contribution is 0.103.